The second-order valence-corrected chi connectivity index (χ2v) is 4.97. The zero-order valence-corrected chi connectivity index (χ0v) is 10.3. The Morgan fingerprint density at radius 3 is 2.88 bits per heavy atom. The van der Waals surface area contributed by atoms with E-state index in [0.29, 0.717) is 12.5 Å². The zero-order chi connectivity index (χ0) is 12.1. The summed E-state index contributed by atoms with van der Waals surface area (Å²) in [6, 6.07) is 3.00. The molecule has 0 atom stereocenters. The van der Waals surface area contributed by atoms with Crippen LogP contribution in [-0.2, 0) is 6.54 Å². The summed E-state index contributed by atoms with van der Waals surface area (Å²) < 4.78 is 12.6. The molecule has 2 rings (SSSR count). The molecule has 6 heteroatoms. The van der Waals surface area contributed by atoms with Crippen molar-refractivity contribution in [3.8, 4) is 0 Å². The standard InChI is InChI=1S/C11H15FN4S/c12-9-1-2-10(14-7-9)8-15-11(13)16-3-5-17-6-4-16/h1-2,7H,3-6,8H2,(H2,13,15). The first-order valence-corrected chi connectivity index (χ1v) is 6.64. The minimum absolute atomic E-state index is 0.334. The van der Waals surface area contributed by atoms with Crippen LogP contribution >= 0.6 is 11.8 Å². The number of thioether (sulfide) groups is 1. The van der Waals surface area contributed by atoms with Crippen LogP contribution in [0.2, 0.25) is 0 Å². The number of hydrogen-bond donors (Lipinski definition) is 1. The highest BCUT2D eigenvalue weighted by molar-refractivity contribution is 7.99. The minimum atomic E-state index is -0.334. The summed E-state index contributed by atoms with van der Waals surface area (Å²) in [6.07, 6.45) is 1.19. The van der Waals surface area contributed by atoms with E-state index >= 15 is 0 Å². The molecule has 1 aliphatic heterocycles. The van der Waals surface area contributed by atoms with Gasteiger partial charge in [-0.15, -0.1) is 0 Å². The van der Waals surface area contributed by atoms with Crippen LogP contribution in [0.1, 0.15) is 5.69 Å². The van der Waals surface area contributed by atoms with Crippen molar-refractivity contribution in [2.75, 3.05) is 24.6 Å². The first-order valence-electron chi connectivity index (χ1n) is 5.49. The van der Waals surface area contributed by atoms with Crippen LogP contribution in [0.25, 0.3) is 0 Å². The molecule has 0 amide bonds. The van der Waals surface area contributed by atoms with E-state index in [1.807, 2.05) is 11.8 Å². The van der Waals surface area contributed by atoms with Gasteiger partial charge in [-0.3, -0.25) is 4.98 Å². The fraction of sp³-hybridized carbons (Fsp3) is 0.455. The van der Waals surface area contributed by atoms with E-state index in [0.717, 1.165) is 30.3 Å². The number of aromatic nitrogens is 1. The molecule has 1 aliphatic rings. The van der Waals surface area contributed by atoms with Crippen LogP contribution in [0.5, 0.6) is 0 Å². The number of aliphatic imine (C=N–C) groups is 1. The highest BCUT2D eigenvalue weighted by atomic mass is 32.2. The lowest BCUT2D eigenvalue weighted by molar-refractivity contribution is 0.455. The van der Waals surface area contributed by atoms with Crippen LogP contribution < -0.4 is 5.73 Å². The Morgan fingerprint density at radius 1 is 1.47 bits per heavy atom. The van der Waals surface area contributed by atoms with Gasteiger partial charge in [0.25, 0.3) is 0 Å². The van der Waals surface area contributed by atoms with Crippen molar-refractivity contribution in [2.24, 2.45) is 10.7 Å². The van der Waals surface area contributed by atoms with Crippen molar-refractivity contribution in [1.29, 1.82) is 0 Å². The summed E-state index contributed by atoms with van der Waals surface area (Å²) in [4.78, 5) is 10.3. The number of guanidine groups is 1. The van der Waals surface area contributed by atoms with Crippen molar-refractivity contribution in [1.82, 2.24) is 9.88 Å². The van der Waals surface area contributed by atoms with Crippen molar-refractivity contribution in [2.45, 2.75) is 6.54 Å². The zero-order valence-electron chi connectivity index (χ0n) is 9.47. The molecule has 0 aliphatic carbocycles. The number of pyridine rings is 1. The summed E-state index contributed by atoms with van der Waals surface area (Å²) >= 11 is 1.93. The van der Waals surface area contributed by atoms with Crippen LogP contribution in [0.15, 0.2) is 23.3 Å². The fourth-order valence-electron chi connectivity index (χ4n) is 1.55. The second kappa shape index (κ2) is 5.86. The highest BCUT2D eigenvalue weighted by Crippen LogP contribution is 2.09. The average Bonchev–Trinajstić information content (AvgIpc) is 2.39. The molecule has 0 spiro atoms. The van der Waals surface area contributed by atoms with Crippen LogP contribution in [0.4, 0.5) is 4.39 Å². The van der Waals surface area contributed by atoms with Crippen LogP contribution in [0.3, 0.4) is 0 Å². The monoisotopic (exact) mass is 254 g/mol. The highest BCUT2D eigenvalue weighted by Gasteiger charge is 2.11. The Labute approximate surface area is 104 Å². The fourth-order valence-corrected chi connectivity index (χ4v) is 2.46. The Morgan fingerprint density at radius 2 is 2.24 bits per heavy atom. The molecule has 4 nitrogen and oxygen atoms in total. The first kappa shape index (κ1) is 12.2. The minimum Gasteiger partial charge on any atom is -0.370 e. The molecule has 1 saturated heterocycles. The quantitative estimate of drug-likeness (QED) is 0.634. The summed E-state index contributed by atoms with van der Waals surface area (Å²) in [6.45, 7) is 2.28. The van der Waals surface area contributed by atoms with Gasteiger partial charge in [-0.05, 0) is 12.1 Å². The smallest absolute Gasteiger partial charge is 0.191 e. The molecular weight excluding hydrogens is 239 g/mol. The lowest BCUT2D eigenvalue weighted by Crippen LogP contribution is -2.42. The Kier molecular flexibility index (Phi) is 4.19. The largest absolute Gasteiger partial charge is 0.370 e. The SMILES string of the molecule is NC(=NCc1ccc(F)cn1)N1CCSCC1. The number of nitrogens with two attached hydrogens (primary N) is 1. The lowest BCUT2D eigenvalue weighted by atomic mass is 10.3. The molecule has 1 aromatic rings. The Hall–Kier alpha value is -1.30. The van der Waals surface area contributed by atoms with Crippen molar-refractivity contribution >= 4 is 17.7 Å². The third-order valence-corrected chi connectivity index (χ3v) is 3.47. The summed E-state index contributed by atoms with van der Waals surface area (Å²) in [5.74, 6) is 2.39. The van der Waals surface area contributed by atoms with Crippen LogP contribution in [-0.4, -0.2) is 40.4 Å². The maximum atomic E-state index is 12.6. The summed E-state index contributed by atoms with van der Waals surface area (Å²) in [7, 11) is 0. The maximum absolute atomic E-state index is 12.6. The lowest BCUT2D eigenvalue weighted by Gasteiger charge is -2.27. The van der Waals surface area contributed by atoms with E-state index in [2.05, 4.69) is 14.9 Å². The normalized spacial score (nSPS) is 17.2. The van der Waals surface area contributed by atoms with E-state index in [1.54, 1.807) is 6.07 Å². The number of rotatable bonds is 2. The molecule has 0 bridgehead atoms. The predicted octanol–water partition coefficient (Wildman–Crippen LogP) is 1.08. The average molecular weight is 254 g/mol. The molecule has 0 radical (unpaired) electrons. The molecule has 17 heavy (non-hydrogen) atoms. The van der Waals surface area contributed by atoms with Gasteiger partial charge in [-0.1, -0.05) is 0 Å². The molecule has 2 N–H and O–H groups in total. The Bertz CT molecular complexity index is 387. The molecule has 0 saturated carbocycles. The van der Waals surface area contributed by atoms with Gasteiger partial charge in [-0.25, -0.2) is 9.38 Å². The van der Waals surface area contributed by atoms with E-state index in [-0.39, 0.29) is 5.82 Å². The van der Waals surface area contributed by atoms with E-state index in [9.17, 15) is 4.39 Å². The third kappa shape index (κ3) is 3.59. The van der Waals surface area contributed by atoms with E-state index < -0.39 is 0 Å². The number of halogens is 1. The van der Waals surface area contributed by atoms with Gasteiger partial charge in [0.15, 0.2) is 5.96 Å². The van der Waals surface area contributed by atoms with Crippen molar-refractivity contribution < 1.29 is 4.39 Å². The van der Waals surface area contributed by atoms with Gasteiger partial charge < -0.3 is 10.6 Å². The molecule has 0 unspecified atom stereocenters. The third-order valence-electron chi connectivity index (χ3n) is 2.53. The van der Waals surface area contributed by atoms with Gasteiger partial charge in [0.05, 0.1) is 18.4 Å². The molecule has 2 heterocycles. The molecular formula is C11H15FN4S. The number of hydrogen-bond acceptors (Lipinski definition) is 3. The van der Waals surface area contributed by atoms with E-state index in [1.165, 1.54) is 12.3 Å². The summed E-state index contributed by atoms with van der Waals surface area (Å²) in [5, 5.41) is 0. The molecule has 92 valence electrons. The molecule has 1 aromatic heterocycles. The Balaban J connectivity index is 1.92. The number of nitrogens with zero attached hydrogens (tertiary/aromatic N) is 3. The van der Waals surface area contributed by atoms with Crippen molar-refractivity contribution in [3.05, 3.63) is 29.8 Å². The first-order chi connectivity index (χ1) is 8.25. The topological polar surface area (TPSA) is 54.5 Å². The second-order valence-electron chi connectivity index (χ2n) is 3.74. The van der Waals surface area contributed by atoms with Gasteiger partial charge in [0.2, 0.25) is 0 Å². The maximum Gasteiger partial charge on any atom is 0.191 e. The van der Waals surface area contributed by atoms with Gasteiger partial charge >= 0.3 is 0 Å². The summed E-state index contributed by atoms with van der Waals surface area (Å²) in [5.41, 5.74) is 6.61. The molecule has 1 fully saturated rings. The molecule has 0 aromatic carbocycles. The van der Waals surface area contributed by atoms with Gasteiger partial charge in [-0.2, -0.15) is 11.8 Å². The van der Waals surface area contributed by atoms with Gasteiger partial charge in [0, 0.05) is 24.6 Å². The predicted molar refractivity (Wildman–Crippen MR) is 68.4 cm³/mol. The van der Waals surface area contributed by atoms with Crippen LogP contribution in [0, 0.1) is 5.82 Å². The van der Waals surface area contributed by atoms with Gasteiger partial charge in [0.1, 0.15) is 5.82 Å². The van der Waals surface area contributed by atoms with Crippen molar-refractivity contribution in [3.63, 3.8) is 0 Å². The van der Waals surface area contributed by atoms with E-state index in [4.69, 9.17) is 5.73 Å².